The molecule has 0 aromatic heterocycles. The number of hydrogen-bond acceptors (Lipinski definition) is 3. The van der Waals surface area contributed by atoms with Crippen molar-refractivity contribution < 1.29 is 8.42 Å². The lowest BCUT2D eigenvalue weighted by Gasteiger charge is -2.11. The maximum absolute atomic E-state index is 11.6. The zero-order valence-electron chi connectivity index (χ0n) is 12.5. The molecule has 4 heteroatoms. The molecule has 3 nitrogen and oxygen atoms in total. The summed E-state index contributed by atoms with van der Waals surface area (Å²) in [6, 6.07) is 15.6. The lowest BCUT2D eigenvalue weighted by atomic mass is 10.1. The second-order valence-electron chi connectivity index (χ2n) is 5.26. The molecular weight excluding hydrogens is 282 g/mol. The molecule has 0 aliphatic heterocycles. The van der Waals surface area contributed by atoms with E-state index in [0.717, 1.165) is 30.6 Å². The molecule has 0 spiro atoms. The summed E-state index contributed by atoms with van der Waals surface area (Å²) in [5.41, 5.74) is 3.27. The van der Waals surface area contributed by atoms with Gasteiger partial charge < -0.3 is 5.32 Å². The second-order valence-corrected chi connectivity index (χ2v) is 7.28. The third-order valence-electron chi connectivity index (χ3n) is 3.44. The molecular formula is C17H21NO2S. The molecule has 0 radical (unpaired) electrons. The Morgan fingerprint density at radius 3 is 2.43 bits per heavy atom. The van der Waals surface area contributed by atoms with E-state index in [0.29, 0.717) is 4.90 Å². The Morgan fingerprint density at radius 1 is 1.05 bits per heavy atom. The minimum atomic E-state index is -3.16. The van der Waals surface area contributed by atoms with Crippen molar-refractivity contribution in [2.24, 2.45) is 0 Å². The van der Waals surface area contributed by atoms with Crippen LogP contribution in [0.1, 0.15) is 17.5 Å². The van der Waals surface area contributed by atoms with Gasteiger partial charge in [-0.25, -0.2) is 8.42 Å². The van der Waals surface area contributed by atoms with Gasteiger partial charge in [0.2, 0.25) is 0 Å². The van der Waals surface area contributed by atoms with E-state index in [4.69, 9.17) is 0 Å². The normalized spacial score (nSPS) is 11.3. The Labute approximate surface area is 126 Å². The van der Waals surface area contributed by atoms with Crippen molar-refractivity contribution in [2.45, 2.75) is 24.7 Å². The summed E-state index contributed by atoms with van der Waals surface area (Å²) in [5, 5.41) is 3.33. The number of anilines is 1. The van der Waals surface area contributed by atoms with Crippen molar-refractivity contribution in [2.75, 3.05) is 18.1 Å². The predicted octanol–water partition coefficient (Wildman–Crippen LogP) is 3.44. The molecule has 2 rings (SSSR count). The molecule has 1 N–H and O–H groups in total. The molecule has 0 fully saturated rings. The van der Waals surface area contributed by atoms with Gasteiger partial charge in [-0.05, 0) is 43.0 Å². The average Bonchev–Trinajstić information content (AvgIpc) is 2.45. The fraction of sp³-hybridized carbons (Fsp3) is 0.294. The lowest BCUT2D eigenvalue weighted by molar-refractivity contribution is 0.602. The van der Waals surface area contributed by atoms with Crippen LogP contribution in [0.4, 0.5) is 5.69 Å². The molecule has 0 heterocycles. The van der Waals surface area contributed by atoms with E-state index < -0.39 is 9.84 Å². The largest absolute Gasteiger partial charge is 0.385 e. The van der Waals surface area contributed by atoms with Gasteiger partial charge in [-0.3, -0.25) is 0 Å². The van der Waals surface area contributed by atoms with Crippen LogP contribution in [0.3, 0.4) is 0 Å². The predicted molar refractivity (Wildman–Crippen MR) is 87.5 cm³/mol. The molecule has 0 amide bonds. The van der Waals surface area contributed by atoms with Crippen molar-refractivity contribution in [1.29, 1.82) is 0 Å². The van der Waals surface area contributed by atoms with Gasteiger partial charge in [-0.2, -0.15) is 0 Å². The van der Waals surface area contributed by atoms with Gasteiger partial charge in [0.1, 0.15) is 0 Å². The highest BCUT2D eigenvalue weighted by molar-refractivity contribution is 7.90. The molecule has 21 heavy (non-hydrogen) atoms. The Morgan fingerprint density at radius 2 is 1.76 bits per heavy atom. The SMILES string of the molecule is Cc1ccc(S(C)(=O)=O)cc1NCCCc1ccccc1. The van der Waals surface area contributed by atoms with E-state index in [1.54, 1.807) is 12.1 Å². The standard InChI is InChI=1S/C17H21NO2S/c1-14-10-11-16(21(2,19)20)13-17(14)18-12-6-9-15-7-4-3-5-8-15/h3-5,7-8,10-11,13,18H,6,9,12H2,1-2H3. The fourth-order valence-electron chi connectivity index (χ4n) is 2.18. The van der Waals surface area contributed by atoms with Crippen LogP contribution in [-0.4, -0.2) is 21.2 Å². The first-order chi connectivity index (χ1) is 9.97. The summed E-state index contributed by atoms with van der Waals surface area (Å²) < 4.78 is 23.2. The van der Waals surface area contributed by atoms with Crippen LogP contribution in [0.5, 0.6) is 0 Å². The molecule has 112 valence electrons. The smallest absolute Gasteiger partial charge is 0.175 e. The minimum absolute atomic E-state index is 0.360. The summed E-state index contributed by atoms with van der Waals surface area (Å²) >= 11 is 0. The van der Waals surface area contributed by atoms with Crippen LogP contribution in [0.2, 0.25) is 0 Å². The van der Waals surface area contributed by atoms with Gasteiger partial charge in [-0.15, -0.1) is 0 Å². The van der Waals surface area contributed by atoms with Gasteiger partial charge in [0.25, 0.3) is 0 Å². The van der Waals surface area contributed by atoms with Gasteiger partial charge in [0.05, 0.1) is 4.90 Å². The average molecular weight is 303 g/mol. The second kappa shape index (κ2) is 6.76. The highest BCUT2D eigenvalue weighted by atomic mass is 32.2. The summed E-state index contributed by atoms with van der Waals surface area (Å²) in [6.45, 7) is 2.80. The first kappa shape index (κ1) is 15.6. The van der Waals surface area contributed by atoms with E-state index in [1.165, 1.54) is 11.8 Å². The van der Waals surface area contributed by atoms with Crippen molar-refractivity contribution >= 4 is 15.5 Å². The van der Waals surface area contributed by atoms with Crippen LogP contribution in [0.25, 0.3) is 0 Å². The fourth-order valence-corrected chi connectivity index (χ4v) is 2.83. The van der Waals surface area contributed by atoms with Crippen molar-refractivity contribution in [1.82, 2.24) is 0 Å². The first-order valence-electron chi connectivity index (χ1n) is 7.05. The summed E-state index contributed by atoms with van der Waals surface area (Å²) in [4.78, 5) is 0.360. The van der Waals surface area contributed by atoms with Gasteiger partial charge >= 0.3 is 0 Å². The summed E-state index contributed by atoms with van der Waals surface area (Å²) in [7, 11) is -3.16. The molecule has 0 atom stereocenters. The zero-order valence-corrected chi connectivity index (χ0v) is 13.3. The van der Waals surface area contributed by atoms with Gasteiger partial charge in [-0.1, -0.05) is 36.4 Å². The Kier molecular flexibility index (Phi) is 5.02. The molecule has 0 aliphatic carbocycles. The van der Waals surface area contributed by atoms with Gasteiger partial charge in [0.15, 0.2) is 9.84 Å². The molecule has 0 bridgehead atoms. The summed E-state index contributed by atoms with van der Waals surface area (Å²) in [6.07, 6.45) is 3.25. The Hall–Kier alpha value is -1.81. The number of aryl methyl sites for hydroxylation is 2. The number of nitrogens with one attached hydrogen (secondary N) is 1. The third-order valence-corrected chi connectivity index (χ3v) is 4.55. The van der Waals surface area contributed by atoms with E-state index in [9.17, 15) is 8.42 Å². The topological polar surface area (TPSA) is 46.2 Å². The van der Waals surface area contributed by atoms with E-state index in [1.807, 2.05) is 31.2 Å². The molecule has 2 aromatic carbocycles. The first-order valence-corrected chi connectivity index (χ1v) is 8.94. The highest BCUT2D eigenvalue weighted by Gasteiger charge is 2.09. The molecule has 0 unspecified atom stereocenters. The van der Waals surface area contributed by atoms with Crippen LogP contribution in [0, 0.1) is 6.92 Å². The van der Waals surface area contributed by atoms with Crippen molar-refractivity contribution in [3.05, 3.63) is 59.7 Å². The van der Waals surface area contributed by atoms with Gasteiger partial charge in [0, 0.05) is 18.5 Å². The maximum atomic E-state index is 11.6. The number of hydrogen-bond donors (Lipinski definition) is 1. The Balaban J connectivity index is 1.94. The maximum Gasteiger partial charge on any atom is 0.175 e. The van der Waals surface area contributed by atoms with E-state index in [2.05, 4.69) is 17.4 Å². The van der Waals surface area contributed by atoms with Crippen molar-refractivity contribution in [3.63, 3.8) is 0 Å². The Bertz CT molecular complexity index is 694. The number of rotatable bonds is 6. The molecule has 2 aromatic rings. The van der Waals surface area contributed by atoms with Crippen LogP contribution in [-0.2, 0) is 16.3 Å². The van der Waals surface area contributed by atoms with Crippen molar-refractivity contribution in [3.8, 4) is 0 Å². The lowest BCUT2D eigenvalue weighted by Crippen LogP contribution is -2.06. The van der Waals surface area contributed by atoms with E-state index in [-0.39, 0.29) is 0 Å². The van der Waals surface area contributed by atoms with Crippen LogP contribution < -0.4 is 5.32 Å². The van der Waals surface area contributed by atoms with Crippen LogP contribution >= 0.6 is 0 Å². The zero-order chi connectivity index (χ0) is 15.3. The number of sulfone groups is 1. The van der Waals surface area contributed by atoms with E-state index >= 15 is 0 Å². The number of benzene rings is 2. The molecule has 0 saturated heterocycles. The monoisotopic (exact) mass is 303 g/mol. The highest BCUT2D eigenvalue weighted by Crippen LogP contribution is 2.20. The molecule has 0 aliphatic rings. The molecule has 0 saturated carbocycles. The quantitative estimate of drug-likeness (QED) is 0.832. The van der Waals surface area contributed by atoms with Crippen LogP contribution in [0.15, 0.2) is 53.4 Å². The third kappa shape index (κ3) is 4.60. The minimum Gasteiger partial charge on any atom is -0.385 e. The summed E-state index contributed by atoms with van der Waals surface area (Å²) in [5.74, 6) is 0.